The minimum Gasteiger partial charge on any atom is -0.455 e. The molecule has 2 nitrogen and oxygen atoms in total. The summed E-state index contributed by atoms with van der Waals surface area (Å²) in [5.74, 6) is -0.302. The molecule has 0 saturated heterocycles. The Bertz CT molecular complexity index is 319. The summed E-state index contributed by atoms with van der Waals surface area (Å²) in [5, 5.41) is 0. The van der Waals surface area contributed by atoms with Gasteiger partial charge in [-0.25, -0.2) is 4.79 Å². The van der Waals surface area contributed by atoms with Gasteiger partial charge in [0, 0.05) is 0 Å². The van der Waals surface area contributed by atoms with Crippen molar-refractivity contribution in [3.05, 3.63) is 47.0 Å². The molecule has 0 unspecified atom stereocenters. The maximum Gasteiger partial charge on any atom is 0.338 e. The largest absolute Gasteiger partial charge is 0.455 e. The first-order valence-corrected chi connectivity index (χ1v) is 5.18. The third-order valence-corrected chi connectivity index (χ3v) is 1.95. The van der Waals surface area contributed by atoms with Crippen molar-refractivity contribution in [3.63, 3.8) is 0 Å². The van der Waals surface area contributed by atoms with Gasteiger partial charge in [-0.15, -0.1) is 0 Å². The second kappa shape index (κ2) is 5.60. The van der Waals surface area contributed by atoms with Gasteiger partial charge in [-0.3, -0.25) is 0 Å². The molecule has 0 heterocycles. The van der Waals surface area contributed by atoms with Crippen LogP contribution in [0.15, 0.2) is 41.4 Å². The van der Waals surface area contributed by atoms with E-state index in [1.54, 1.807) is 30.1 Å². The Kier molecular flexibility index (Phi) is 4.40. The van der Waals surface area contributed by atoms with E-state index in [-0.39, 0.29) is 12.1 Å². The highest BCUT2D eigenvalue weighted by atomic mass is 79.9. The highest BCUT2D eigenvalue weighted by Crippen LogP contribution is 2.04. The lowest BCUT2D eigenvalue weighted by Crippen LogP contribution is -2.12. The Balaban J connectivity index is 2.59. The van der Waals surface area contributed by atoms with Crippen LogP contribution < -0.4 is 0 Å². The maximum absolute atomic E-state index is 11.5. The van der Waals surface area contributed by atoms with E-state index in [1.165, 1.54) is 0 Å². The Morgan fingerprint density at radius 3 is 2.64 bits per heavy atom. The van der Waals surface area contributed by atoms with E-state index in [0.29, 0.717) is 5.56 Å². The molecule has 74 valence electrons. The third kappa shape index (κ3) is 3.34. The van der Waals surface area contributed by atoms with Gasteiger partial charge in [-0.05, 0) is 30.1 Å². The van der Waals surface area contributed by atoms with Crippen molar-refractivity contribution in [2.75, 3.05) is 0 Å². The molecule has 0 bridgehead atoms. The predicted octanol–water partition coefficient (Wildman–Crippen LogP) is 3.14. The minimum atomic E-state index is -0.302. The molecule has 1 aromatic rings. The van der Waals surface area contributed by atoms with Crippen molar-refractivity contribution in [1.29, 1.82) is 0 Å². The summed E-state index contributed by atoms with van der Waals surface area (Å²) in [6.45, 7) is 1.80. The second-order valence-electron chi connectivity index (χ2n) is 2.79. The lowest BCUT2D eigenvalue weighted by molar-refractivity contribution is 0.0425. The van der Waals surface area contributed by atoms with Crippen LogP contribution in [0.25, 0.3) is 0 Å². The summed E-state index contributed by atoms with van der Waals surface area (Å²) < 4.78 is 5.12. The van der Waals surface area contributed by atoms with Crippen LogP contribution >= 0.6 is 15.9 Å². The van der Waals surface area contributed by atoms with Gasteiger partial charge < -0.3 is 4.74 Å². The number of carbonyl (C=O) groups is 1. The van der Waals surface area contributed by atoms with E-state index in [4.69, 9.17) is 4.74 Å². The fraction of sp³-hybridized carbons (Fsp3) is 0.182. The molecule has 0 amide bonds. The van der Waals surface area contributed by atoms with Gasteiger partial charge in [0.25, 0.3) is 0 Å². The van der Waals surface area contributed by atoms with Crippen molar-refractivity contribution in [1.82, 2.24) is 0 Å². The summed E-state index contributed by atoms with van der Waals surface area (Å²) in [5.41, 5.74) is 0.572. The standard InChI is InChI=1S/C11H11BrO2/c1-9(7-8-12)14-11(13)10-5-3-2-4-6-10/h2-9H,1H3/b8-7-/t9-/m0/s1. The van der Waals surface area contributed by atoms with Crippen LogP contribution in [0.1, 0.15) is 17.3 Å². The fourth-order valence-electron chi connectivity index (χ4n) is 0.953. The molecule has 1 atom stereocenters. The number of hydrogen-bond donors (Lipinski definition) is 0. The SMILES string of the molecule is C[C@@H](/C=C\Br)OC(=O)c1ccccc1. The van der Waals surface area contributed by atoms with Crippen LogP contribution in [0, 0.1) is 0 Å². The van der Waals surface area contributed by atoms with E-state index in [1.807, 2.05) is 18.2 Å². The summed E-state index contributed by atoms with van der Waals surface area (Å²) >= 11 is 3.12. The number of ether oxygens (including phenoxy) is 1. The fourth-order valence-corrected chi connectivity index (χ4v) is 1.38. The molecule has 0 aliphatic rings. The molecule has 0 N–H and O–H groups in total. The van der Waals surface area contributed by atoms with E-state index < -0.39 is 0 Å². The second-order valence-corrected chi connectivity index (χ2v) is 3.32. The molecule has 0 fully saturated rings. The van der Waals surface area contributed by atoms with E-state index in [0.717, 1.165) is 0 Å². The van der Waals surface area contributed by atoms with Crippen LogP contribution in [0.5, 0.6) is 0 Å². The van der Waals surface area contributed by atoms with Crippen molar-refractivity contribution in [2.45, 2.75) is 13.0 Å². The van der Waals surface area contributed by atoms with Crippen LogP contribution in [-0.2, 0) is 4.74 Å². The zero-order valence-electron chi connectivity index (χ0n) is 7.81. The molecule has 0 saturated carbocycles. The Hall–Kier alpha value is -1.09. The van der Waals surface area contributed by atoms with Crippen molar-refractivity contribution >= 4 is 21.9 Å². The van der Waals surface area contributed by atoms with E-state index >= 15 is 0 Å². The molecular formula is C11H11BrO2. The molecule has 0 radical (unpaired) electrons. The molecule has 0 aliphatic carbocycles. The zero-order valence-corrected chi connectivity index (χ0v) is 9.40. The number of rotatable bonds is 3. The molecule has 1 rings (SSSR count). The minimum absolute atomic E-state index is 0.220. The topological polar surface area (TPSA) is 26.3 Å². The Morgan fingerprint density at radius 1 is 1.43 bits per heavy atom. The number of carbonyl (C=O) groups excluding carboxylic acids is 1. The van der Waals surface area contributed by atoms with Crippen molar-refractivity contribution in [3.8, 4) is 0 Å². The molecule has 1 aromatic carbocycles. The molecule has 0 aliphatic heterocycles. The van der Waals surface area contributed by atoms with Gasteiger partial charge in [0.2, 0.25) is 0 Å². The third-order valence-electron chi connectivity index (χ3n) is 1.65. The van der Waals surface area contributed by atoms with E-state index in [2.05, 4.69) is 15.9 Å². The number of halogens is 1. The average molecular weight is 255 g/mol. The smallest absolute Gasteiger partial charge is 0.338 e. The number of esters is 1. The predicted molar refractivity (Wildman–Crippen MR) is 59.4 cm³/mol. The van der Waals surface area contributed by atoms with Gasteiger partial charge >= 0.3 is 5.97 Å². The lowest BCUT2D eigenvalue weighted by Gasteiger charge is -2.08. The van der Waals surface area contributed by atoms with Gasteiger partial charge in [0.1, 0.15) is 6.10 Å². The maximum atomic E-state index is 11.5. The van der Waals surface area contributed by atoms with Crippen LogP contribution in [0.4, 0.5) is 0 Å². The average Bonchev–Trinajstić information content (AvgIpc) is 2.19. The molecular weight excluding hydrogens is 244 g/mol. The number of hydrogen-bond acceptors (Lipinski definition) is 2. The molecule has 14 heavy (non-hydrogen) atoms. The van der Waals surface area contributed by atoms with Gasteiger partial charge in [0.05, 0.1) is 5.56 Å². The van der Waals surface area contributed by atoms with Crippen LogP contribution in [-0.4, -0.2) is 12.1 Å². The molecule has 0 aromatic heterocycles. The normalized spacial score (nSPS) is 12.7. The van der Waals surface area contributed by atoms with Crippen molar-refractivity contribution in [2.24, 2.45) is 0 Å². The highest BCUT2D eigenvalue weighted by Gasteiger charge is 2.08. The molecule has 3 heteroatoms. The Labute approximate surface area is 91.7 Å². The van der Waals surface area contributed by atoms with Crippen molar-refractivity contribution < 1.29 is 9.53 Å². The summed E-state index contributed by atoms with van der Waals surface area (Å²) in [6, 6.07) is 8.93. The summed E-state index contributed by atoms with van der Waals surface area (Å²) in [6.07, 6.45) is 1.53. The van der Waals surface area contributed by atoms with Gasteiger partial charge in [0.15, 0.2) is 0 Å². The van der Waals surface area contributed by atoms with Crippen LogP contribution in [0.2, 0.25) is 0 Å². The zero-order chi connectivity index (χ0) is 10.4. The monoisotopic (exact) mass is 254 g/mol. The quantitative estimate of drug-likeness (QED) is 0.775. The highest BCUT2D eigenvalue weighted by molar-refractivity contribution is 9.11. The summed E-state index contributed by atoms with van der Waals surface area (Å²) in [4.78, 5) is 13.1. The lowest BCUT2D eigenvalue weighted by atomic mass is 10.2. The first kappa shape index (κ1) is 11.0. The van der Waals surface area contributed by atoms with Crippen LogP contribution in [0.3, 0.4) is 0 Å². The number of benzene rings is 1. The van der Waals surface area contributed by atoms with E-state index in [9.17, 15) is 4.79 Å². The Morgan fingerprint density at radius 2 is 2.07 bits per heavy atom. The first-order valence-electron chi connectivity index (χ1n) is 4.27. The first-order chi connectivity index (χ1) is 6.74. The molecule has 0 spiro atoms. The summed E-state index contributed by atoms with van der Waals surface area (Å²) in [7, 11) is 0. The van der Waals surface area contributed by atoms with Gasteiger partial charge in [-0.1, -0.05) is 34.1 Å². The van der Waals surface area contributed by atoms with Gasteiger partial charge in [-0.2, -0.15) is 0 Å².